The number of carbonyl (C=O) groups excluding carboxylic acids is 1. The smallest absolute Gasteiger partial charge is 0.257 e. The summed E-state index contributed by atoms with van der Waals surface area (Å²) < 4.78 is 0. The second-order valence-corrected chi connectivity index (χ2v) is 10.5. The number of fused-ring (bicyclic) bond motifs is 1. The molecule has 1 saturated heterocycles. The molecule has 1 aliphatic heterocycles. The summed E-state index contributed by atoms with van der Waals surface area (Å²) in [4.78, 5) is 39.7. The Kier molecular flexibility index (Phi) is 6.43. The minimum absolute atomic E-state index is 0.137. The molecule has 0 unspecified atom stereocenters. The molecule has 190 valence electrons. The standard InChI is InChI=1S/C27H31N9O/c1-27(2,3)34-24-14-28-13-22(32-24)21-8-18-9-23(31-12-19(18)11-30-21)33-26(37)17-6-7-29-25(10-17)36-15-20(16-36)35(4)5/h6-14,20H,15-16H2,1-5H3,(H,32,34)(H,31,33,37). The Balaban J connectivity index is 1.33. The van der Waals surface area contributed by atoms with Crippen molar-refractivity contribution in [3.8, 4) is 11.4 Å². The first-order valence-electron chi connectivity index (χ1n) is 12.2. The van der Waals surface area contributed by atoms with Gasteiger partial charge in [0.15, 0.2) is 0 Å². The number of carbonyl (C=O) groups is 1. The van der Waals surface area contributed by atoms with Gasteiger partial charge in [-0.25, -0.2) is 15.0 Å². The van der Waals surface area contributed by atoms with E-state index in [1.54, 1.807) is 37.1 Å². The fourth-order valence-corrected chi connectivity index (χ4v) is 4.07. The SMILES string of the molecule is CN(C)C1CN(c2cc(C(=O)Nc3cc4cc(-c5cncc(NC(C)(C)C)n5)ncc4cn3)ccn2)C1. The minimum Gasteiger partial charge on any atom is -0.364 e. The van der Waals surface area contributed by atoms with Gasteiger partial charge in [-0.15, -0.1) is 0 Å². The lowest BCUT2D eigenvalue weighted by molar-refractivity contribution is 0.102. The van der Waals surface area contributed by atoms with E-state index in [2.05, 4.69) is 80.2 Å². The molecule has 1 amide bonds. The molecule has 0 aromatic carbocycles. The fourth-order valence-electron chi connectivity index (χ4n) is 4.07. The predicted molar refractivity (Wildman–Crippen MR) is 146 cm³/mol. The first-order chi connectivity index (χ1) is 17.6. The Bertz CT molecular complexity index is 1440. The molecule has 0 spiro atoms. The van der Waals surface area contributed by atoms with E-state index in [0.717, 1.165) is 29.7 Å². The van der Waals surface area contributed by atoms with Crippen molar-refractivity contribution in [1.29, 1.82) is 0 Å². The quantitative estimate of drug-likeness (QED) is 0.412. The van der Waals surface area contributed by atoms with Crippen LogP contribution in [0.15, 0.2) is 55.2 Å². The summed E-state index contributed by atoms with van der Waals surface area (Å²) in [5.74, 6) is 1.71. The number of nitrogens with zero attached hydrogens (tertiary/aromatic N) is 7. The van der Waals surface area contributed by atoms with Crippen LogP contribution in [0.5, 0.6) is 0 Å². The van der Waals surface area contributed by atoms with Crippen molar-refractivity contribution >= 4 is 34.1 Å². The Labute approximate surface area is 216 Å². The minimum atomic E-state index is -0.235. The molecule has 0 aliphatic carbocycles. The van der Waals surface area contributed by atoms with E-state index in [-0.39, 0.29) is 11.4 Å². The maximum atomic E-state index is 13.0. The molecule has 10 heteroatoms. The highest BCUT2D eigenvalue weighted by atomic mass is 16.1. The van der Waals surface area contributed by atoms with Gasteiger partial charge in [-0.1, -0.05) is 0 Å². The summed E-state index contributed by atoms with van der Waals surface area (Å²) in [5, 5.41) is 7.99. The molecule has 0 radical (unpaired) electrons. The first kappa shape index (κ1) is 24.5. The molecule has 1 fully saturated rings. The lowest BCUT2D eigenvalue weighted by Crippen LogP contribution is -2.57. The zero-order chi connectivity index (χ0) is 26.2. The molecule has 5 heterocycles. The average Bonchev–Trinajstić information content (AvgIpc) is 2.82. The van der Waals surface area contributed by atoms with E-state index in [0.29, 0.717) is 34.6 Å². The highest BCUT2D eigenvalue weighted by Crippen LogP contribution is 2.24. The maximum Gasteiger partial charge on any atom is 0.257 e. The van der Waals surface area contributed by atoms with E-state index in [1.807, 2.05) is 18.2 Å². The van der Waals surface area contributed by atoms with Gasteiger partial charge in [0.2, 0.25) is 0 Å². The number of likely N-dealkylation sites (N-methyl/N-ethyl adjacent to an activating group) is 1. The second kappa shape index (κ2) is 9.70. The normalized spacial score (nSPS) is 14.1. The van der Waals surface area contributed by atoms with Crippen molar-refractivity contribution < 1.29 is 4.79 Å². The molecular weight excluding hydrogens is 466 g/mol. The van der Waals surface area contributed by atoms with E-state index >= 15 is 0 Å². The Morgan fingerprint density at radius 1 is 0.946 bits per heavy atom. The summed E-state index contributed by atoms with van der Waals surface area (Å²) in [6.45, 7) is 7.99. The van der Waals surface area contributed by atoms with E-state index in [4.69, 9.17) is 0 Å². The molecule has 4 aromatic heterocycles. The summed E-state index contributed by atoms with van der Waals surface area (Å²) in [6.07, 6.45) is 8.50. The van der Waals surface area contributed by atoms with Gasteiger partial charge in [0.1, 0.15) is 23.1 Å². The third kappa shape index (κ3) is 5.64. The van der Waals surface area contributed by atoms with E-state index < -0.39 is 0 Å². The van der Waals surface area contributed by atoms with Crippen LogP contribution in [0.4, 0.5) is 17.5 Å². The lowest BCUT2D eigenvalue weighted by atomic mass is 10.1. The fraction of sp³-hybridized carbons (Fsp3) is 0.333. The molecule has 37 heavy (non-hydrogen) atoms. The monoisotopic (exact) mass is 497 g/mol. The summed E-state index contributed by atoms with van der Waals surface area (Å²) in [7, 11) is 4.15. The number of hydrogen-bond donors (Lipinski definition) is 2. The third-order valence-corrected chi connectivity index (χ3v) is 6.17. The van der Waals surface area contributed by atoms with Crippen molar-refractivity contribution in [2.24, 2.45) is 0 Å². The van der Waals surface area contributed by atoms with Crippen molar-refractivity contribution in [2.75, 3.05) is 42.7 Å². The Morgan fingerprint density at radius 2 is 1.73 bits per heavy atom. The van der Waals surface area contributed by atoms with Gasteiger partial charge in [-0.2, -0.15) is 0 Å². The van der Waals surface area contributed by atoms with Crippen LogP contribution in [-0.4, -0.2) is 74.5 Å². The van der Waals surface area contributed by atoms with Crippen LogP contribution < -0.4 is 15.5 Å². The third-order valence-electron chi connectivity index (χ3n) is 6.17. The molecule has 0 saturated carbocycles. The number of hydrogen-bond acceptors (Lipinski definition) is 9. The zero-order valence-electron chi connectivity index (χ0n) is 21.7. The van der Waals surface area contributed by atoms with Gasteiger partial charge < -0.3 is 20.4 Å². The van der Waals surface area contributed by atoms with Crippen LogP contribution >= 0.6 is 0 Å². The molecule has 1 aliphatic rings. The number of anilines is 3. The predicted octanol–water partition coefficient (Wildman–Crippen LogP) is 3.69. The molecule has 4 aromatic rings. The highest BCUT2D eigenvalue weighted by Gasteiger charge is 2.29. The van der Waals surface area contributed by atoms with Crippen LogP contribution in [0.25, 0.3) is 22.2 Å². The van der Waals surface area contributed by atoms with Crippen LogP contribution in [-0.2, 0) is 0 Å². The van der Waals surface area contributed by atoms with E-state index in [1.165, 1.54) is 0 Å². The van der Waals surface area contributed by atoms with Crippen molar-refractivity contribution in [2.45, 2.75) is 32.4 Å². The van der Waals surface area contributed by atoms with Crippen molar-refractivity contribution in [3.05, 3.63) is 60.8 Å². The molecule has 2 N–H and O–H groups in total. The second-order valence-electron chi connectivity index (χ2n) is 10.5. The maximum absolute atomic E-state index is 13.0. The van der Waals surface area contributed by atoms with Crippen molar-refractivity contribution in [3.63, 3.8) is 0 Å². The van der Waals surface area contributed by atoms with Crippen LogP contribution in [0.2, 0.25) is 0 Å². The molecule has 0 bridgehead atoms. The van der Waals surface area contributed by atoms with Gasteiger partial charge >= 0.3 is 0 Å². The van der Waals surface area contributed by atoms with Gasteiger partial charge in [-0.05, 0) is 64.5 Å². The molecule has 10 nitrogen and oxygen atoms in total. The number of pyridine rings is 3. The summed E-state index contributed by atoms with van der Waals surface area (Å²) in [5.41, 5.74) is 1.74. The van der Waals surface area contributed by atoms with Gasteiger partial charge in [0.05, 0.1) is 18.1 Å². The van der Waals surface area contributed by atoms with Crippen LogP contribution in [0.1, 0.15) is 31.1 Å². The topological polar surface area (TPSA) is 112 Å². The Hall–Kier alpha value is -4.18. The number of aromatic nitrogens is 5. The van der Waals surface area contributed by atoms with Crippen molar-refractivity contribution in [1.82, 2.24) is 29.8 Å². The number of nitrogens with one attached hydrogen (secondary N) is 2. The summed E-state index contributed by atoms with van der Waals surface area (Å²) in [6, 6.07) is 7.79. The van der Waals surface area contributed by atoms with Gasteiger partial charge in [0, 0.05) is 54.2 Å². The number of rotatable bonds is 6. The van der Waals surface area contributed by atoms with Crippen LogP contribution in [0.3, 0.4) is 0 Å². The molecular formula is C27H31N9O. The van der Waals surface area contributed by atoms with Gasteiger partial charge in [0.25, 0.3) is 5.91 Å². The highest BCUT2D eigenvalue weighted by molar-refractivity contribution is 6.05. The average molecular weight is 498 g/mol. The Morgan fingerprint density at radius 3 is 2.49 bits per heavy atom. The van der Waals surface area contributed by atoms with E-state index in [9.17, 15) is 4.79 Å². The zero-order valence-corrected chi connectivity index (χ0v) is 21.7. The number of amides is 1. The largest absolute Gasteiger partial charge is 0.364 e. The molecule has 0 atom stereocenters. The first-order valence-corrected chi connectivity index (χ1v) is 12.2. The molecule has 5 rings (SSSR count). The van der Waals surface area contributed by atoms with Crippen LogP contribution in [0, 0.1) is 0 Å². The lowest BCUT2D eigenvalue weighted by Gasteiger charge is -2.43. The van der Waals surface area contributed by atoms with Gasteiger partial charge in [-0.3, -0.25) is 14.8 Å². The summed E-state index contributed by atoms with van der Waals surface area (Å²) >= 11 is 0.